The van der Waals surface area contributed by atoms with Gasteiger partial charge in [0.2, 0.25) is 11.8 Å². The number of aliphatic imine (C=N–C) groups is 1. The van der Waals surface area contributed by atoms with Crippen LogP contribution in [-0.4, -0.2) is 57.7 Å². The molecule has 0 radical (unpaired) electrons. The first-order valence-electron chi connectivity index (χ1n) is 7.34. The molecule has 1 aromatic heterocycles. The van der Waals surface area contributed by atoms with Crippen molar-refractivity contribution in [3.05, 3.63) is 11.8 Å². The molecule has 2 aliphatic heterocycles. The molecular formula is C11H17N7O6S. The molecule has 2 bridgehead atoms. The lowest BCUT2D eigenvalue weighted by atomic mass is 10.0. The number of carbonyl (C=O) groups excluding carboxylic acids is 1. The van der Waals surface area contributed by atoms with Crippen LogP contribution in [0.1, 0.15) is 43.6 Å². The summed E-state index contributed by atoms with van der Waals surface area (Å²) < 4.78 is 40.5. The number of carbonyl (C=O) groups is 1. The lowest BCUT2D eigenvalue weighted by molar-refractivity contribution is -0.0317. The summed E-state index contributed by atoms with van der Waals surface area (Å²) in [5.41, 5.74) is 10.6. The highest BCUT2D eigenvalue weighted by Crippen LogP contribution is 2.38. The Morgan fingerprint density at radius 2 is 2.16 bits per heavy atom. The molecule has 25 heavy (non-hydrogen) atoms. The summed E-state index contributed by atoms with van der Waals surface area (Å²) in [4.78, 5) is 17.6. The Hall–Kier alpha value is -2.45. The molecular weight excluding hydrogens is 358 g/mol. The number of nitrogens with two attached hydrogens (primary N) is 2. The van der Waals surface area contributed by atoms with Crippen molar-refractivity contribution >= 4 is 22.4 Å². The molecule has 3 atom stereocenters. The molecule has 3 heterocycles. The van der Waals surface area contributed by atoms with Crippen molar-refractivity contribution in [3.63, 3.8) is 0 Å². The van der Waals surface area contributed by atoms with Gasteiger partial charge in [0.15, 0.2) is 5.96 Å². The van der Waals surface area contributed by atoms with E-state index in [1.165, 1.54) is 4.90 Å². The Bertz CT molecular complexity index is 804. The fourth-order valence-electron chi connectivity index (χ4n) is 2.92. The number of piperidine rings is 1. The molecule has 2 aliphatic rings. The lowest BCUT2D eigenvalue weighted by Gasteiger charge is -2.27. The maximum absolute atomic E-state index is 12.3. The van der Waals surface area contributed by atoms with Gasteiger partial charge in [-0.25, -0.2) is 9.79 Å². The van der Waals surface area contributed by atoms with Crippen LogP contribution in [0.2, 0.25) is 0 Å². The molecule has 138 valence electrons. The average molecular weight is 375 g/mol. The van der Waals surface area contributed by atoms with Gasteiger partial charge >= 0.3 is 16.4 Å². The number of fused-ring (bicyclic) bond motifs is 2. The zero-order chi connectivity index (χ0) is 18.4. The molecule has 0 saturated carbocycles. The molecule has 5 N–H and O–H groups in total. The monoisotopic (exact) mass is 375 g/mol. The van der Waals surface area contributed by atoms with Gasteiger partial charge < -0.3 is 20.8 Å². The van der Waals surface area contributed by atoms with Crippen LogP contribution in [0.25, 0.3) is 0 Å². The summed E-state index contributed by atoms with van der Waals surface area (Å²) in [6, 6.07) is -2.28. The maximum Gasteiger partial charge on any atom is 0.418 e. The van der Waals surface area contributed by atoms with Crippen LogP contribution >= 0.6 is 0 Å². The van der Waals surface area contributed by atoms with Crippen molar-refractivity contribution in [3.8, 4) is 0 Å². The first-order valence-corrected chi connectivity index (χ1v) is 8.71. The Balaban J connectivity index is 1.79. The van der Waals surface area contributed by atoms with Crippen LogP contribution in [-0.2, 0) is 14.7 Å². The van der Waals surface area contributed by atoms with Crippen molar-refractivity contribution in [2.45, 2.75) is 37.9 Å². The highest BCUT2D eigenvalue weighted by molar-refractivity contribution is 7.80. The molecule has 2 amide bonds. The standard InChI is InChI=1S/C11H17N7O6S/c1-5(14-10(12)13)8-15-16-9(23-8)7-3-2-6-4-17(7)11(19)18(6)24-25(20,21)22/h5-7H,2-4H2,1H3,(H4,12,13,14)(H,20,21,22)/t5?,6-,7+/m1/s1. The van der Waals surface area contributed by atoms with E-state index in [-0.39, 0.29) is 24.3 Å². The fourth-order valence-corrected chi connectivity index (χ4v) is 3.31. The molecule has 3 rings (SSSR count). The summed E-state index contributed by atoms with van der Waals surface area (Å²) >= 11 is 0. The zero-order valence-corrected chi connectivity index (χ0v) is 14.0. The minimum absolute atomic E-state index is 0.125. The number of guanidine groups is 1. The van der Waals surface area contributed by atoms with Crippen molar-refractivity contribution in [1.82, 2.24) is 20.2 Å². The van der Waals surface area contributed by atoms with Crippen LogP contribution in [0.4, 0.5) is 4.79 Å². The molecule has 2 fully saturated rings. The summed E-state index contributed by atoms with van der Waals surface area (Å²) in [7, 11) is -4.79. The molecule has 0 spiro atoms. The first kappa shape index (κ1) is 17.4. The molecule has 13 nitrogen and oxygen atoms in total. The van der Waals surface area contributed by atoms with E-state index < -0.39 is 34.6 Å². The Labute approximate surface area is 142 Å². The predicted molar refractivity (Wildman–Crippen MR) is 80.9 cm³/mol. The van der Waals surface area contributed by atoms with E-state index in [0.29, 0.717) is 17.9 Å². The molecule has 1 aromatic rings. The third-order valence-corrected chi connectivity index (χ3v) is 4.29. The summed E-state index contributed by atoms with van der Waals surface area (Å²) in [6.45, 7) is 1.87. The summed E-state index contributed by atoms with van der Waals surface area (Å²) in [5, 5.41) is 8.45. The van der Waals surface area contributed by atoms with Gasteiger partial charge in [-0.1, -0.05) is 0 Å². The number of hydrogen-bond acceptors (Lipinski definition) is 8. The van der Waals surface area contributed by atoms with Gasteiger partial charge in [0, 0.05) is 6.54 Å². The highest BCUT2D eigenvalue weighted by atomic mass is 32.3. The smallest absolute Gasteiger partial charge is 0.418 e. The van der Waals surface area contributed by atoms with Crippen molar-refractivity contribution < 1.29 is 26.5 Å². The van der Waals surface area contributed by atoms with Crippen molar-refractivity contribution in [2.24, 2.45) is 16.5 Å². The van der Waals surface area contributed by atoms with Crippen LogP contribution in [0, 0.1) is 0 Å². The number of nitrogens with zero attached hydrogens (tertiary/aromatic N) is 5. The van der Waals surface area contributed by atoms with Crippen LogP contribution in [0.5, 0.6) is 0 Å². The number of aromatic nitrogens is 2. The first-order chi connectivity index (χ1) is 11.7. The molecule has 1 unspecified atom stereocenters. The summed E-state index contributed by atoms with van der Waals surface area (Å²) in [5.74, 6) is 0.247. The van der Waals surface area contributed by atoms with Gasteiger partial charge in [0.05, 0.1) is 6.04 Å². The normalized spacial score (nSPS) is 24.5. The van der Waals surface area contributed by atoms with E-state index in [4.69, 9.17) is 20.4 Å². The Morgan fingerprint density at radius 1 is 1.44 bits per heavy atom. The Morgan fingerprint density at radius 3 is 2.80 bits per heavy atom. The van der Waals surface area contributed by atoms with Gasteiger partial charge in [0.1, 0.15) is 12.1 Å². The van der Waals surface area contributed by atoms with Crippen molar-refractivity contribution in [2.75, 3.05) is 6.54 Å². The second-order valence-corrected chi connectivity index (χ2v) is 6.72. The van der Waals surface area contributed by atoms with E-state index in [0.717, 1.165) is 0 Å². The molecule has 2 saturated heterocycles. The topological polar surface area (TPSA) is 190 Å². The number of urea groups is 1. The fraction of sp³-hybridized carbons (Fsp3) is 0.636. The largest absolute Gasteiger partial charge is 0.421 e. The van der Waals surface area contributed by atoms with Gasteiger partial charge in [-0.15, -0.1) is 14.5 Å². The molecule has 0 aliphatic carbocycles. The second kappa shape index (κ2) is 6.12. The van der Waals surface area contributed by atoms with Gasteiger partial charge in [-0.05, 0) is 19.8 Å². The van der Waals surface area contributed by atoms with Crippen molar-refractivity contribution in [1.29, 1.82) is 0 Å². The third kappa shape index (κ3) is 3.49. The van der Waals surface area contributed by atoms with Crippen LogP contribution in [0.15, 0.2) is 9.41 Å². The third-order valence-electron chi connectivity index (χ3n) is 3.94. The van der Waals surface area contributed by atoms with Gasteiger partial charge in [-0.3, -0.25) is 4.55 Å². The van der Waals surface area contributed by atoms with E-state index in [1.54, 1.807) is 6.92 Å². The van der Waals surface area contributed by atoms with Crippen LogP contribution < -0.4 is 11.5 Å². The van der Waals surface area contributed by atoms with Crippen LogP contribution in [0.3, 0.4) is 0 Å². The lowest BCUT2D eigenvalue weighted by Crippen LogP contribution is -2.35. The summed E-state index contributed by atoms with van der Waals surface area (Å²) in [6.07, 6.45) is 0.893. The highest BCUT2D eigenvalue weighted by Gasteiger charge is 2.49. The number of amides is 2. The molecule has 0 aromatic carbocycles. The number of hydroxylamine groups is 2. The van der Waals surface area contributed by atoms with E-state index >= 15 is 0 Å². The number of rotatable bonds is 5. The minimum Gasteiger partial charge on any atom is -0.421 e. The average Bonchev–Trinajstić information content (AvgIpc) is 3.07. The maximum atomic E-state index is 12.3. The van der Waals surface area contributed by atoms with Gasteiger partial charge in [-0.2, -0.15) is 13.5 Å². The predicted octanol–water partition coefficient (Wildman–Crippen LogP) is -0.920. The van der Waals surface area contributed by atoms with E-state index in [2.05, 4.69) is 19.5 Å². The number of hydrogen-bond donors (Lipinski definition) is 3. The Kier molecular flexibility index (Phi) is 4.26. The second-order valence-electron chi connectivity index (χ2n) is 5.72. The minimum atomic E-state index is -4.79. The van der Waals surface area contributed by atoms with Gasteiger partial charge in [0.25, 0.3) is 0 Å². The van der Waals surface area contributed by atoms with E-state index in [9.17, 15) is 13.2 Å². The SMILES string of the molecule is CC(N=C(N)N)c1nnc([C@@H]2CC[C@@H]3CN2C(=O)N3OS(=O)(=O)O)o1. The zero-order valence-electron chi connectivity index (χ0n) is 13.1. The molecule has 14 heteroatoms. The quantitative estimate of drug-likeness (QED) is 0.329. The van der Waals surface area contributed by atoms with E-state index in [1.807, 2.05) is 0 Å².